The molecule has 0 spiro atoms. The smallest absolute Gasteiger partial charge is 0.170 e. The zero-order valence-corrected chi connectivity index (χ0v) is 12.5. The van der Waals surface area contributed by atoms with Crippen molar-refractivity contribution in [2.75, 3.05) is 6.61 Å². The monoisotopic (exact) mass is 307 g/mol. The summed E-state index contributed by atoms with van der Waals surface area (Å²) in [7, 11) is 0. The normalized spacial score (nSPS) is 11.7. The van der Waals surface area contributed by atoms with Crippen LogP contribution in [0.5, 0.6) is 5.75 Å². The van der Waals surface area contributed by atoms with Crippen LogP contribution in [0.4, 0.5) is 4.39 Å². The van der Waals surface area contributed by atoms with Crippen molar-refractivity contribution in [1.82, 2.24) is 5.16 Å². The van der Waals surface area contributed by atoms with Crippen LogP contribution >= 0.6 is 0 Å². The summed E-state index contributed by atoms with van der Waals surface area (Å²) in [5.74, 6) is 0.259. The second-order valence-corrected chi connectivity index (χ2v) is 4.98. The van der Waals surface area contributed by atoms with Gasteiger partial charge in [-0.3, -0.25) is 0 Å². The first kappa shape index (κ1) is 15.8. The standard InChI is InChI=1S/C15H18FN3O3/c1-9-6-11(15(17)18-20)8-13(16)14(9)21-5-3-4-12-7-10(2)19-22-12/h6-8,20H,3-5H2,1-2H3,(H2,17,18). The summed E-state index contributed by atoms with van der Waals surface area (Å²) in [5, 5.41) is 15.3. The van der Waals surface area contributed by atoms with Crippen molar-refractivity contribution in [3.8, 4) is 5.75 Å². The van der Waals surface area contributed by atoms with Crippen LogP contribution in [-0.2, 0) is 6.42 Å². The fourth-order valence-electron chi connectivity index (χ4n) is 2.07. The lowest BCUT2D eigenvalue weighted by Crippen LogP contribution is -2.14. The molecule has 2 rings (SSSR count). The summed E-state index contributed by atoms with van der Waals surface area (Å²) < 4.78 is 24.6. The minimum absolute atomic E-state index is 0.144. The van der Waals surface area contributed by atoms with Crippen LogP contribution in [0.25, 0.3) is 0 Å². The molecule has 0 aliphatic carbocycles. The molecule has 1 heterocycles. The Kier molecular flexibility index (Phi) is 4.98. The molecule has 0 atom stereocenters. The number of nitrogens with two attached hydrogens (primary N) is 1. The number of benzene rings is 1. The molecule has 118 valence electrons. The minimum atomic E-state index is -0.544. The van der Waals surface area contributed by atoms with Crippen LogP contribution < -0.4 is 10.5 Å². The molecular formula is C15H18FN3O3. The molecule has 2 aromatic rings. The van der Waals surface area contributed by atoms with E-state index in [-0.39, 0.29) is 11.6 Å². The van der Waals surface area contributed by atoms with Gasteiger partial charge in [-0.1, -0.05) is 10.3 Å². The highest BCUT2D eigenvalue weighted by atomic mass is 19.1. The van der Waals surface area contributed by atoms with Gasteiger partial charge in [-0.05, 0) is 38.0 Å². The van der Waals surface area contributed by atoms with E-state index >= 15 is 0 Å². The molecule has 22 heavy (non-hydrogen) atoms. The maximum atomic E-state index is 14.0. The van der Waals surface area contributed by atoms with Gasteiger partial charge in [0.15, 0.2) is 17.4 Å². The summed E-state index contributed by atoms with van der Waals surface area (Å²) in [5.41, 5.74) is 7.16. The van der Waals surface area contributed by atoms with Crippen molar-refractivity contribution in [2.45, 2.75) is 26.7 Å². The Hall–Kier alpha value is -2.57. The molecule has 0 radical (unpaired) electrons. The van der Waals surface area contributed by atoms with Gasteiger partial charge in [0, 0.05) is 18.1 Å². The molecule has 0 amide bonds. The number of oxime groups is 1. The Balaban J connectivity index is 1.95. The highest BCUT2D eigenvalue weighted by molar-refractivity contribution is 5.97. The van der Waals surface area contributed by atoms with Gasteiger partial charge in [-0.15, -0.1) is 0 Å². The molecule has 1 aromatic heterocycles. The molecule has 0 fully saturated rings. The van der Waals surface area contributed by atoms with E-state index < -0.39 is 5.82 Å². The molecule has 3 N–H and O–H groups in total. The summed E-state index contributed by atoms with van der Waals surface area (Å²) in [4.78, 5) is 0. The summed E-state index contributed by atoms with van der Waals surface area (Å²) in [6.07, 6.45) is 1.35. The fourth-order valence-corrected chi connectivity index (χ4v) is 2.07. The van der Waals surface area contributed by atoms with Gasteiger partial charge >= 0.3 is 0 Å². The molecule has 1 aromatic carbocycles. The lowest BCUT2D eigenvalue weighted by atomic mass is 10.1. The van der Waals surface area contributed by atoms with Crippen molar-refractivity contribution in [3.05, 3.63) is 46.6 Å². The van der Waals surface area contributed by atoms with Gasteiger partial charge in [-0.25, -0.2) is 4.39 Å². The first-order valence-corrected chi connectivity index (χ1v) is 6.84. The predicted octanol–water partition coefficient (Wildman–Crippen LogP) is 2.54. The van der Waals surface area contributed by atoms with Gasteiger partial charge < -0.3 is 20.2 Å². The molecule has 0 unspecified atom stereocenters. The number of nitrogens with zero attached hydrogens (tertiary/aromatic N) is 2. The Labute approximate surface area is 127 Å². The molecule has 7 heteroatoms. The highest BCUT2D eigenvalue weighted by Gasteiger charge is 2.12. The Morgan fingerprint density at radius 1 is 1.41 bits per heavy atom. The number of ether oxygens (including phenoxy) is 1. The number of aryl methyl sites for hydroxylation is 3. The topological polar surface area (TPSA) is 93.9 Å². The van der Waals surface area contributed by atoms with Gasteiger partial charge in [-0.2, -0.15) is 0 Å². The maximum Gasteiger partial charge on any atom is 0.170 e. The van der Waals surface area contributed by atoms with Crippen LogP contribution in [0.2, 0.25) is 0 Å². The fraction of sp³-hybridized carbons (Fsp3) is 0.333. The Bertz CT molecular complexity index is 659. The van der Waals surface area contributed by atoms with Crippen LogP contribution in [-0.4, -0.2) is 22.8 Å². The third-order valence-electron chi connectivity index (χ3n) is 3.12. The van der Waals surface area contributed by atoms with E-state index in [1.54, 1.807) is 13.0 Å². The van der Waals surface area contributed by atoms with Crippen molar-refractivity contribution < 1.29 is 18.9 Å². The predicted molar refractivity (Wildman–Crippen MR) is 78.7 cm³/mol. The largest absolute Gasteiger partial charge is 0.490 e. The van der Waals surface area contributed by atoms with E-state index in [1.807, 2.05) is 13.0 Å². The lowest BCUT2D eigenvalue weighted by Gasteiger charge is -2.11. The summed E-state index contributed by atoms with van der Waals surface area (Å²) in [6.45, 7) is 3.90. The Morgan fingerprint density at radius 3 is 2.77 bits per heavy atom. The van der Waals surface area contributed by atoms with Gasteiger partial charge in [0.25, 0.3) is 0 Å². The number of amidine groups is 1. The van der Waals surface area contributed by atoms with Gasteiger partial charge in [0.2, 0.25) is 0 Å². The number of aromatic nitrogens is 1. The van der Waals surface area contributed by atoms with Crippen molar-refractivity contribution >= 4 is 5.84 Å². The van der Waals surface area contributed by atoms with Crippen LogP contribution in [0.3, 0.4) is 0 Å². The van der Waals surface area contributed by atoms with Crippen LogP contribution in [0.15, 0.2) is 27.9 Å². The van der Waals surface area contributed by atoms with Crippen LogP contribution in [0.1, 0.15) is 29.0 Å². The molecule has 0 saturated heterocycles. The molecule has 0 bridgehead atoms. The molecule has 0 aliphatic heterocycles. The summed E-state index contributed by atoms with van der Waals surface area (Å²) in [6, 6.07) is 4.64. The SMILES string of the molecule is Cc1cc(CCCOc2c(C)cc(C(N)=NO)cc2F)on1. The first-order valence-electron chi connectivity index (χ1n) is 6.84. The van der Waals surface area contributed by atoms with E-state index in [9.17, 15) is 4.39 Å². The van der Waals surface area contributed by atoms with E-state index in [0.717, 1.165) is 11.5 Å². The minimum Gasteiger partial charge on any atom is -0.490 e. The zero-order chi connectivity index (χ0) is 16.1. The molecular weight excluding hydrogens is 289 g/mol. The maximum absolute atomic E-state index is 14.0. The van der Waals surface area contributed by atoms with Crippen molar-refractivity contribution in [3.63, 3.8) is 0 Å². The molecule has 6 nitrogen and oxygen atoms in total. The van der Waals surface area contributed by atoms with E-state index in [4.69, 9.17) is 20.2 Å². The van der Waals surface area contributed by atoms with E-state index in [1.165, 1.54) is 6.07 Å². The average molecular weight is 307 g/mol. The second kappa shape index (κ2) is 6.93. The van der Waals surface area contributed by atoms with Crippen LogP contribution in [0, 0.1) is 19.7 Å². The van der Waals surface area contributed by atoms with Gasteiger partial charge in [0.1, 0.15) is 5.76 Å². The Morgan fingerprint density at radius 2 is 2.18 bits per heavy atom. The third-order valence-corrected chi connectivity index (χ3v) is 3.12. The third kappa shape index (κ3) is 3.75. The van der Waals surface area contributed by atoms with E-state index in [0.29, 0.717) is 30.6 Å². The van der Waals surface area contributed by atoms with Crippen molar-refractivity contribution in [2.24, 2.45) is 10.9 Å². The average Bonchev–Trinajstić information content (AvgIpc) is 2.90. The first-order chi connectivity index (χ1) is 10.5. The highest BCUT2D eigenvalue weighted by Crippen LogP contribution is 2.24. The lowest BCUT2D eigenvalue weighted by molar-refractivity contribution is 0.285. The van der Waals surface area contributed by atoms with Gasteiger partial charge in [0.05, 0.1) is 12.3 Å². The molecule has 0 aliphatic rings. The van der Waals surface area contributed by atoms with Crippen molar-refractivity contribution in [1.29, 1.82) is 0 Å². The quantitative estimate of drug-likeness (QED) is 0.281. The second-order valence-electron chi connectivity index (χ2n) is 4.98. The number of hydrogen-bond donors (Lipinski definition) is 2. The zero-order valence-electron chi connectivity index (χ0n) is 12.5. The van der Waals surface area contributed by atoms with E-state index in [2.05, 4.69) is 10.3 Å². The summed E-state index contributed by atoms with van der Waals surface area (Å²) >= 11 is 0. The number of rotatable bonds is 6. The number of halogens is 1. The number of hydrogen-bond acceptors (Lipinski definition) is 5. The molecule has 0 saturated carbocycles.